The molecule has 0 fully saturated rings. The number of esters is 1. The predicted molar refractivity (Wildman–Crippen MR) is 135 cm³/mol. The van der Waals surface area contributed by atoms with E-state index in [2.05, 4.69) is 6.92 Å². The van der Waals surface area contributed by atoms with E-state index in [0.29, 0.717) is 39.5 Å². The average molecular weight is 517 g/mol. The Kier molecular flexibility index (Phi) is 19.6. The molecule has 0 heterocycles. The molecule has 0 unspecified atom stereocenters. The molecule has 0 saturated heterocycles. The van der Waals surface area contributed by atoms with Crippen molar-refractivity contribution in [2.75, 3.05) is 52.9 Å². The van der Waals surface area contributed by atoms with Crippen LogP contribution in [0.1, 0.15) is 71.1 Å². The van der Waals surface area contributed by atoms with Gasteiger partial charge in [0.1, 0.15) is 6.61 Å². The highest BCUT2D eigenvalue weighted by molar-refractivity contribution is 7.86. The zero-order valence-electron chi connectivity index (χ0n) is 21.3. The third-order valence-corrected chi connectivity index (χ3v) is 6.54. The molecule has 1 rings (SSSR count). The van der Waals surface area contributed by atoms with Gasteiger partial charge in [-0.25, -0.2) is 0 Å². The van der Waals surface area contributed by atoms with E-state index in [4.69, 9.17) is 23.1 Å². The van der Waals surface area contributed by atoms with Crippen LogP contribution in [0.2, 0.25) is 0 Å². The Morgan fingerprint density at radius 2 is 1.14 bits per heavy atom. The van der Waals surface area contributed by atoms with Crippen LogP contribution in [0, 0.1) is 0 Å². The predicted octanol–water partition coefficient (Wildman–Crippen LogP) is 4.91. The van der Waals surface area contributed by atoms with Gasteiger partial charge in [-0.3, -0.25) is 8.98 Å². The first-order valence-electron chi connectivity index (χ1n) is 12.9. The van der Waals surface area contributed by atoms with Gasteiger partial charge in [0.15, 0.2) is 0 Å². The van der Waals surface area contributed by atoms with Gasteiger partial charge in [0, 0.05) is 6.42 Å². The fraction of sp³-hybridized carbons (Fsp3) is 0.731. The summed E-state index contributed by atoms with van der Waals surface area (Å²) >= 11 is 0. The third-order valence-electron chi connectivity index (χ3n) is 5.22. The summed E-state index contributed by atoms with van der Waals surface area (Å²) in [5.41, 5.74) is 0. The lowest BCUT2D eigenvalue weighted by Crippen LogP contribution is -2.15. The molecule has 202 valence electrons. The molecule has 0 spiro atoms. The van der Waals surface area contributed by atoms with E-state index < -0.39 is 10.1 Å². The second-order valence-corrected chi connectivity index (χ2v) is 9.84. The molecule has 0 aromatic heterocycles. The molecule has 35 heavy (non-hydrogen) atoms. The van der Waals surface area contributed by atoms with E-state index >= 15 is 0 Å². The Balaban J connectivity index is 1.80. The summed E-state index contributed by atoms with van der Waals surface area (Å²) in [5.74, 6) is -0.162. The van der Waals surface area contributed by atoms with Crippen LogP contribution in [0.4, 0.5) is 0 Å². The maximum absolute atomic E-state index is 11.9. The Morgan fingerprint density at radius 3 is 1.71 bits per heavy atom. The quantitative estimate of drug-likeness (QED) is 0.109. The molecule has 1 aromatic rings. The minimum atomic E-state index is -3.75. The van der Waals surface area contributed by atoms with Gasteiger partial charge < -0.3 is 18.9 Å². The van der Waals surface area contributed by atoms with E-state index in [1.54, 1.807) is 18.2 Å². The molecule has 0 aliphatic carbocycles. The largest absolute Gasteiger partial charge is 0.463 e. The minimum absolute atomic E-state index is 0.0574. The van der Waals surface area contributed by atoms with Gasteiger partial charge in [0.2, 0.25) is 0 Å². The Bertz CT molecular complexity index is 724. The number of rotatable bonds is 24. The number of carbonyl (C=O) groups excluding carboxylic acids is 1. The van der Waals surface area contributed by atoms with Gasteiger partial charge in [-0.15, -0.1) is 0 Å². The first-order chi connectivity index (χ1) is 17.1. The van der Waals surface area contributed by atoms with E-state index in [9.17, 15) is 13.2 Å². The van der Waals surface area contributed by atoms with Crippen LogP contribution in [0.5, 0.6) is 0 Å². The summed E-state index contributed by atoms with van der Waals surface area (Å²) in [6.45, 7) is 4.40. The second kappa shape index (κ2) is 21.7. The Hall–Kier alpha value is -1.52. The lowest BCUT2D eigenvalue weighted by molar-refractivity contribution is -0.145. The zero-order valence-corrected chi connectivity index (χ0v) is 22.1. The molecule has 9 heteroatoms. The normalized spacial score (nSPS) is 11.6. The van der Waals surface area contributed by atoms with Gasteiger partial charge in [-0.2, -0.15) is 8.42 Å². The fourth-order valence-electron chi connectivity index (χ4n) is 3.27. The lowest BCUT2D eigenvalue weighted by Gasteiger charge is -2.08. The molecule has 0 saturated carbocycles. The zero-order chi connectivity index (χ0) is 25.5. The van der Waals surface area contributed by atoms with Crippen molar-refractivity contribution in [3.8, 4) is 0 Å². The number of unbranched alkanes of at least 4 members (excludes halogenated alkanes) is 8. The van der Waals surface area contributed by atoms with Crippen molar-refractivity contribution in [3.63, 3.8) is 0 Å². The molecule has 0 bridgehead atoms. The van der Waals surface area contributed by atoms with Gasteiger partial charge in [-0.05, 0) is 18.6 Å². The van der Waals surface area contributed by atoms with E-state index in [1.807, 2.05) is 0 Å². The molecule has 0 aliphatic heterocycles. The molecule has 0 atom stereocenters. The maximum atomic E-state index is 11.9. The molecule has 0 aliphatic rings. The topological polar surface area (TPSA) is 97.4 Å². The van der Waals surface area contributed by atoms with Crippen LogP contribution in [-0.2, 0) is 38.0 Å². The van der Waals surface area contributed by atoms with Crippen LogP contribution >= 0.6 is 0 Å². The van der Waals surface area contributed by atoms with E-state index in [0.717, 1.165) is 12.8 Å². The van der Waals surface area contributed by atoms with Crippen molar-refractivity contribution < 1.29 is 36.3 Å². The number of ether oxygens (including phenoxy) is 4. The van der Waals surface area contributed by atoms with Crippen LogP contribution in [0.15, 0.2) is 35.2 Å². The summed E-state index contributed by atoms with van der Waals surface area (Å²) in [6, 6.07) is 7.98. The smallest absolute Gasteiger partial charge is 0.305 e. The van der Waals surface area contributed by atoms with Crippen molar-refractivity contribution >= 4 is 16.1 Å². The number of hydrogen-bond acceptors (Lipinski definition) is 8. The first kappa shape index (κ1) is 31.5. The summed E-state index contributed by atoms with van der Waals surface area (Å²) in [4.78, 5) is 11.8. The van der Waals surface area contributed by atoms with Crippen molar-refractivity contribution in [2.45, 2.75) is 76.0 Å². The number of benzene rings is 1. The first-order valence-corrected chi connectivity index (χ1v) is 14.3. The second-order valence-electron chi connectivity index (χ2n) is 8.23. The van der Waals surface area contributed by atoms with Crippen molar-refractivity contribution in [1.29, 1.82) is 0 Å². The molecule has 0 N–H and O–H groups in total. The third kappa shape index (κ3) is 18.4. The average Bonchev–Trinajstić information content (AvgIpc) is 2.86. The summed E-state index contributed by atoms with van der Waals surface area (Å²) < 4.78 is 50.0. The highest BCUT2D eigenvalue weighted by Crippen LogP contribution is 2.11. The van der Waals surface area contributed by atoms with E-state index in [-0.39, 0.29) is 30.7 Å². The van der Waals surface area contributed by atoms with E-state index in [1.165, 1.54) is 57.1 Å². The van der Waals surface area contributed by atoms with Gasteiger partial charge in [0.25, 0.3) is 10.1 Å². The Morgan fingerprint density at radius 1 is 0.657 bits per heavy atom. The van der Waals surface area contributed by atoms with Crippen LogP contribution in [0.25, 0.3) is 0 Å². The Labute approximate surface area is 211 Å². The molecule has 0 amide bonds. The number of hydrogen-bond donors (Lipinski definition) is 0. The number of carbonyl (C=O) groups is 1. The standard InChI is InChI=1S/C26H44O8S/c1-2-3-4-5-6-7-8-9-13-16-26(27)33-23-21-31-19-17-30-18-20-32-22-24-34-35(28,29)25-14-11-10-12-15-25/h10-12,14-15H,2-9,13,16-24H2,1H3. The minimum Gasteiger partial charge on any atom is -0.463 e. The molecule has 8 nitrogen and oxygen atoms in total. The lowest BCUT2D eigenvalue weighted by atomic mass is 10.1. The summed E-state index contributed by atoms with van der Waals surface area (Å²) in [7, 11) is -3.75. The SMILES string of the molecule is CCCCCCCCCCCC(=O)OCCOCCOCCOCCOS(=O)(=O)c1ccccc1. The van der Waals surface area contributed by atoms with Gasteiger partial charge in [0.05, 0.1) is 51.1 Å². The molecular formula is C26H44O8S. The molecule has 0 radical (unpaired) electrons. The maximum Gasteiger partial charge on any atom is 0.305 e. The van der Waals surface area contributed by atoms with Crippen molar-refractivity contribution in [3.05, 3.63) is 30.3 Å². The van der Waals surface area contributed by atoms with Crippen molar-refractivity contribution in [2.24, 2.45) is 0 Å². The van der Waals surface area contributed by atoms with Gasteiger partial charge in [-0.1, -0.05) is 76.5 Å². The van der Waals surface area contributed by atoms with Gasteiger partial charge >= 0.3 is 5.97 Å². The highest BCUT2D eigenvalue weighted by Gasteiger charge is 2.13. The van der Waals surface area contributed by atoms with Crippen molar-refractivity contribution in [1.82, 2.24) is 0 Å². The highest BCUT2D eigenvalue weighted by atomic mass is 32.2. The fourth-order valence-corrected chi connectivity index (χ4v) is 4.18. The summed E-state index contributed by atoms with van der Waals surface area (Å²) in [5, 5.41) is 0. The van der Waals surface area contributed by atoms with Crippen LogP contribution < -0.4 is 0 Å². The molecule has 1 aromatic carbocycles. The van der Waals surface area contributed by atoms with Crippen LogP contribution in [-0.4, -0.2) is 67.2 Å². The molecular weight excluding hydrogens is 472 g/mol. The monoisotopic (exact) mass is 516 g/mol. The van der Waals surface area contributed by atoms with Crippen LogP contribution in [0.3, 0.4) is 0 Å². The summed E-state index contributed by atoms with van der Waals surface area (Å²) in [6.07, 6.45) is 11.5.